The summed E-state index contributed by atoms with van der Waals surface area (Å²) in [4.78, 5) is 37.8. The van der Waals surface area contributed by atoms with Gasteiger partial charge in [0.15, 0.2) is 0 Å². The standard InChI is InChI=1S/C20H19ClN2O7S/c1-12(24)17(22-31(28,29)14-8-6-13(21)7-9-14)20(27)30-11-10-23-18(25)15-4-2-3-5-16(15)19(23)26/h2-9,12,17,22,24H,10-11H2,1H3. The first-order valence-corrected chi connectivity index (χ1v) is 11.1. The highest BCUT2D eigenvalue weighted by Crippen LogP contribution is 2.22. The number of carbonyl (C=O) groups is 3. The third-order valence-electron chi connectivity index (χ3n) is 4.58. The molecule has 2 atom stereocenters. The van der Waals surface area contributed by atoms with Gasteiger partial charge in [0, 0.05) is 5.02 Å². The van der Waals surface area contributed by atoms with Gasteiger partial charge in [-0.05, 0) is 43.3 Å². The van der Waals surface area contributed by atoms with E-state index in [0.717, 1.165) is 4.90 Å². The van der Waals surface area contributed by atoms with Crippen LogP contribution in [-0.2, 0) is 19.6 Å². The lowest BCUT2D eigenvalue weighted by Gasteiger charge is -2.21. The molecular formula is C20H19ClN2O7S. The highest BCUT2D eigenvalue weighted by Gasteiger charge is 2.36. The maximum Gasteiger partial charge on any atom is 0.326 e. The fourth-order valence-electron chi connectivity index (χ4n) is 2.96. The second-order valence-electron chi connectivity index (χ2n) is 6.77. The second kappa shape index (κ2) is 9.15. The first-order valence-electron chi connectivity index (χ1n) is 9.19. The molecule has 1 aliphatic heterocycles. The van der Waals surface area contributed by atoms with E-state index in [2.05, 4.69) is 4.72 Å². The van der Waals surface area contributed by atoms with Gasteiger partial charge in [-0.15, -0.1) is 0 Å². The molecule has 1 aliphatic rings. The third-order valence-corrected chi connectivity index (χ3v) is 6.29. The Bertz CT molecular complexity index is 1080. The van der Waals surface area contributed by atoms with Crippen LogP contribution in [0.2, 0.25) is 5.02 Å². The zero-order valence-electron chi connectivity index (χ0n) is 16.3. The molecule has 0 bridgehead atoms. The number of benzene rings is 2. The molecule has 164 valence electrons. The van der Waals surface area contributed by atoms with E-state index >= 15 is 0 Å². The van der Waals surface area contributed by atoms with Crippen LogP contribution >= 0.6 is 11.6 Å². The van der Waals surface area contributed by atoms with Gasteiger partial charge in [0.1, 0.15) is 12.6 Å². The predicted molar refractivity (Wildman–Crippen MR) is 110 cm³/mol. The molecule has 2 aromatic carbocycles. The van der Waals surface area contributed by atoms with Crippen molar-refractivity contribution in [2.75, 3.05) is 13.2 Å². The van der Waals surface area contributed by atoms with E-state index in [9.17, 15) is 27.9 Å². The maximum absolute atomic E-state index is 12.5. The molecule has 3 rings (SSSR count). The van der Waals surface area contributed by atoms with Crippen LogP contribution in [0.5, 0.6) is 0 Å². The number of halogens is 1. The van der Waals surface area contributed by atoms with Crippen LogP contribution < -0.4 is 4.72 Å². The van der Waals surface area contributed by atoms with E-state index in [1.54, 1.807) is 12.1 Å². The van der Waals surface area contributed by atoms with Crippen LogP contribution in [0, 0.1) is 0 Å². The first kappa shape index (κ1) is 22.9. The number of hydrogen-bond donors (Lipinski definition) is 2. The Labute approximate surface area is 183 Å². The number of amides is 2. The SMILES string of the molecule is CC(O)C(NS(=O)(=O)c1ccc(Cl)cc1)C(=O)OCCN1C(=O)c2ccccc2C1=O. The van der Waals surface area contributed by atoms with Gasteiger partial charge in [0.2, 0.25) is 10.0 Å². The molecular weight excluding hydrogens is 448 g/mol. The molecule has 2 unspecified atom stereocenters. The van der Waals surface area contributed by atoms with Gasteiger partial charge in [-0.1, -0.05) is 23.7 Å². The molecule has 0 spiro atoms. The zero-order valence-corrected chi connectivity index (χ0v) is 17.9. The summed E-state index contributed by atoms with van der Waals surface area (Å²) in [7, 11) is -4.15. The molecule has 0 aliphatic carbocycles. The minimum Gasteiger partial charge on any atom is -0.463 e. The first-order chi connectivity index (χ1) is 14.6. The number of nitrogens with one attached hydrogen (secondary N) is 1. The van der Waals surface area contributed by atoms with Gasteiger partial charge in [-0.3, -0.25) is 19.3 Å². The lowest BCUT2D eigenvalue weighted by Crippen LogP contribution is -2.48. The number of carbonyl (C=O) groups excluding carboxylic acids is 3. The number of imide groups is 1. The molecule has 2 aromatic rings. The number of sulfonamides is 1. The van der Waals surface area contributed by atoms with Gasteiger partial charge in [0.25, 0.3) is 11.8 Å². The Hall–Kier alpha value is -2.79. The molecule has 0 radical (unpaired) electrons. The summed E-state index contributed by atoms with van der Waals surface area (Å²) in [5.41, 5.74) is 0.521. The second-order valence-corrected chi connectivity index (χ2v) is 8.92. The van der Waals surface area contributed by atoms with E-state index in [4.69, 9.17) is 16.3 Å². The van der Waals surface area contributed by atoms with Crippen molar-refractivity contribution in [1.82, 2.24) is 9.62 Å². The Morgan fingerprint density at radius 2 is 1.65 bits per heavy atom. The van der Waals surface area contributed by atoms with Crippen molar-refractivity contribution < 1.29 is 32.6 Å². The van der Waals surface area contributed by atoms with Crippen molar-refractivity contribution in [2.24, 2.45) is 0 Å². The summed E-state index contributed by atoms with van der Waals surface area (Å²) in [6, 6.07) is 9.95. The number of aliphatic hydroxyl groups excluding tert-OH is 1. The average Bonchev–Trinajstić information content (AvgIpc) is 2.97. The largest absolute Gasteiger partial charge is 0.463 e. The molecule has 31 heavy (non-hydrogen) atoms. The van der Waals surface area contributed by atoms with Crippen molar-refractivity contribution in [3.8, 4) is 0 Å². The molecule has 0 saturated heterocycles. The smallest absolute Gasteiger partial charge is 0.326 e. The lowest BCUT2D eigenvalue weighted by atomic mass is 10.1. The Balaban J connectivity index is 1.62. The maximum atomic E-state index is 12.5. The van der Waals surface area contributed by atoms with Crippen molar-refractivity contribution in [3.05, 3.63) is 64.7 Å². The van der Waals surface area contributed by atoms with Crippen LogP contribution in [0.1, 0.15) is 27.6 Å². The zero-order chi connectivity index (χ0) is 22.8. The van der Waals surface area contributed by atoms with Gasteiger partial charge in [0.05, 0.1) is 28.7 Å². The fraction of sp³-hybridized carbons (Fsp3) is 0.250. The number of rotatable bonds is 8. The number of hydrogen-bond acceptors (Lipinski definition) is 7. The van der Waals surface area contributed by atoms with Crippen LogP contribution in [-0.4, -0.2) is 61.5 Å². The minimum atomic E-state index is -4.15. The van der Waals surface area contributed by atoms with Crippen LogP contribution in [0.15, 0.2) is 53.4 Å². The summed E-state index contributed by atoms with van der Waals surface area (Å²) in [6.45, 7) is 0.644. The van der Waals surface area contributed by atoms with Gasteiger partial charge < -0.3 is 9.84 Å². The van der Waals surface area contributed by atoms with Gasteiger partial charge in [-0.25, -0.2) is 8.42 Å². The predicted octanol–water partition coefficient (Wildman–Crippen LogP) is 1.21. The Morgan fingerprint density at radius 3 is 2.16 bits per heavy atom. The van der Waals surface area contributed by atoms with E-state index in [1.165, 1.54) is 43.3 Å². The molecule has 2 amide bonds. The van der Waals surface area contributed by atoms with Crippen LogP contribution in [0.25, 0.3) is 0 Å². The summed E-state index contributed by atoms with van der Waals surface area (Å²) in [6.07, 6.45) is -1.41. The Kier molecular flexibility index (Phi) is 6.75. The summed E-state index contributed by atoms with van der Waals surface area (Å²) in [5.74, 6) is -2.07. The number of fused-ring (bicyclic) bond motifs is 1. The van der Waals surface area contributed by atoms with Crippen LogP contribution in [0.4, 0.5) is 0 Å². The summed E-state index contributed by atoms with van der Waals surface area (Å²) in [5, 5.41) is 10.2. The van der Waals surface area contributed by atoms with Crippen molar-refractivity contribution in [1.29, 1.82) is 0 Å². The normalized spacial score (nSPS) is 15.5. The number of esters is 1. The molecule has 9 nitrogen and oxygen atoms in total. The van der Waals surface area contributed by atoms with Gasteiger partial charge in [-0.2, -0.15) is 4.72 Å². The Morgan fingerprint density at radius 1 is 1.10 bits per heavy atom. The summed E-state index contributed by atoms with van der Waals surface area (Å²) >= 11 is 5.75. The number of ether oxygens (including phenoxy) is 1. The summed E-state index contributed by atoms with van der Waals surface area (Å²) < 4.78 is 32.1. The lowest BCUT2D eigenvalue weighted by molar-refractivity contribution is -0.148. The monoisotopic (exact) mass is 466 g/mol. The average molecular weight is 467 g/mol. The molecule has 0 aromatic heterocycles. The van der Waals surface area contributed by atoms with E-state index in [-0.39, 0.29) is 29.2 Å². The fourth-order valence-corrected chi connectivity index (χ4v) is 4.35. The molecule has 0 fully saturated rings. The molecule has 11 heteroatoms. The molecule has 2 N–H and O–H groups in total. The minimum absolute atomic E-state index is 0.152. The van der Waals surface area contributed by atoms with E-state index < -0.39 is 40.0 Å². The van der Waals surface area contributed by atoms with E-state index in [0.29, 0.717) is 5.02 Å². The van der Waals surface area contributed by atoms with Crippen molar-refractivity contribution >= 4 is 39.4 Å². The molecule has 0 saturated carbocycles. The molecule has 1 heterocycles. The van der Waals surface area contributed by atoms with Crippen molar-refractivity contribution in [2.45, 2.75) is 24.0 Å². The van der Waals surface area contributed by atoms with Crippen molar-refractivity contribution in [3.63, 3.8) is 0 Å². The quantitative estimate of drug-likeness (QED) is 0.441. The number of nitrogens with zero attached hydrogens (tertiary/aromatic N) is 1. The third kappa shape index (κ3) is 4.93. The van der Waals surface area contributed by atoms with Gasteiger partial charge >= 0.3 is 5.97 Å². The van der Waals surface area contributed by atoms with E-state index in [1.807, 2.05) is 0 Å². The number of aliphatic hydroxyl groups is 1. The van der Waals surface area contributed by atoms with Crippen LogP contribution in [0.3, 0.4) is 0 Å². The highest BCUT2D eigenvalue weighted by molar-refractivity contribution is 7.89. The topological polar surface area (TPSA) is 130 Å². The highest BCUT2D eigenvalue weighted by atomic mass is 35.5.